The third-order valence-corrected chi connectivity index (χ3v) is 15.1. The maximum absolute atomic E-state index is 14.2. The molecular weight excluding hydrogens is 698 g/mol. The van der Waals surface area contributed by atoms with Gasteiger partial charge < -0.3 is 9.47 Å². The Kier molecular flexibility index (Phi) is 10.6. The van der Waals surface area contributed by atoms with Crippen LogP contribution in [0, 0.1) is 46.7 Å². The van der Waals surface area contributed by atoms with Gasteiger partial charge in [0, 0.05) is 5.41 Å². The second-order valence-corrected chi connectivity index (χ2v) is 19.0. The molecule has 0 aromatic heterocycles. The second kappa shape index (κ2) is 14.9. The minimum atomic E-state index is -5.55. The van der Waals surface area contributed by atoms with Crippen molar-refractivity contribution in [1.29, 1.82) is 0 Å². The predicted octanol–water partition coefficient (Wildman–Crippen LogP) is 8.97. The summed E-state index contributed by atoms with van der Waals surface area (Å²) >= 11 is 0. The number of halogens is 3. The van der Waals surface area contributed by atoms with Gasteiger partial charge in [-0.15, -0.1) is 0 Å². The molecule has 6 fully saturated rings. The van der Waals surface area contributed by atoms with E-state index in [4.69, 9.17) is 14.0 Å². The molecule has 0 aliphatic heterocycles. The Labute approximate surface area is 301 Å². The Balaban J connectivity index is 0.000000175. The van der Waals surface area contributed by atoms with E-state index in [9.17, 15) is 26.4 Å². The Morgan fingerprint density at radius 1 is 0.804 bits per heavy atom. The van der Waals surface area contributed by atoms with Crippen LogP contribution in [0.25, 0.3) is 0 Å². The predicted molar refractivity (Wildman–Crippen MR) is 188 cm³/mol. The third-order valence-electron chi connectivity index (χ3n) is 12.0. The summed E-state index contributed by atoms with van der Waals surface area (Å²) in [5.74, 6) is 2.18. The Morgan fingerprint density at radius 2 is 1.35 bits per heavy atom. The minimum Gasteiger partial charge on any atom is -0.459 e. The van der Waals surface area contributed by atoms with E-state index in [2.05, 4.69) is 24.3 Å². The van der Waals surface area contributed by atoms with Crippen molar-refractivity contribution in [1.82, 2.24) is 0 Å². The van der Waals surface area contributed by atoms with E-state index in [1.165, 1.54) is 31.7 Å². The summed E-state index contributed by atoms with van der Waals surface area (Å²) in [6.07, 6.45) is 9.77. The van der Waals surface area contributed by atoms with Gasteiger partial charge in [-0.1, -0.05) is 55.0 Å². The van der Waals surface area contributed by atoms with E-state index in [0.717, 1.165) is 53.2 Å². The Morgan fingerprint density at radius 3 is 1.84 bits per heavy atom. The molecule has 0 radical (unpaired) electrons. The molecule has 1 N–H and O–H groups in total. The first kappa shape index (κ1) is 36.5. The lowest BCUT2D eigenvalue weighted by Gasteiger charge is -2.58. The second-order valence-electron chi connectivity index (χ2n) is 15.5. The Hall–Kier alpha value is -2.86. The fraction of sp³-hybridized carbons (Fsp3) is 0.525. The van der Waals surface area contributed by atoms with Gasteiger partial charge in [0.2, 0.25) is 4.90 Å². The molecule has 6 aliphatic rings. The largest absolute Gasteiger partial charge is 0.459 e. The number of ether oxygens (including phenoxy) is 2. The van der Waals surface area contributed by atoms with Crippen molar-refractivity contribution in [2.45, 2.75) is 90.3 Å². The van der Waals surface area contributed by atoms with Crippen LogP contribution in [0.4, 0.5) is 13.2 Å². The molecule has 4 unspecified atom stereocenters. The van der Waals surface area contributed by atoms with Gasteiger partial charge in [-0.3, -0.25) is 9.35 Å². The number of fused-ring (bicyclic) bond motifs is 2. The highest BCUT2D eigenvalue weighted by Gasteiger charge is 2.56. The van der Waals surface area contributed by atoms with Crippen molar-refractivity contribution in [2.75, 3.05) is 13.2 Å². The molecule has 51 heavy (non-hydrogen) atoms. The number of rotatable bonds is 11. The number of hydrogen-bond donors (Lipinski definition) is 1. The zero-order valence-corrected chi connectivity index (χ0v) is 30.2. The van der Waals surface area contributed by atoms with E-state index in [0.29, 0.717) is 29.6 Å². The van der Waals surface area contributed by atoms with Gasteiger partial charge in [0.1, 0.15) is 23.6 Å². The third kappa shape index (κ3) is 7.92. The first-order valence-electron chi connectivity index (χ1n) is 18.1. The molecule has 6 aliphatic carbocycles. The quantitative estimate of drug-likeness (QED) is 0.120. The summed E-state index contributed by atoms with van der Waals surface area (Å²) in [5.41, 5.74) is -0.268. The molecule has 0 saturated heterocycles. The Bertz CT molecular complexity index is 1700. The minimum absolute atomic E-state index is 0.116. The maximum Gasteiger partial charge on any atom is 0.392 e. The standard InChI is InChI=1S/C22H32F2O6S.C18H14FS/c23-22(24,31(26,27)28)12-29-11-19(30-20(25)18-7-13-1-2-17(18)6-13)21-8-14-3-15(9-21)5-16(4-14)10-21;19-17-13-7-8-14-18(17)20(15-9-3-1-4-10-15)16-11-5-2-6-12-16/h13-19H,1-12H2,(H,26,27,28);1-14H/q;+1. The van der Waals surface area contributed by atoms with Crippen LogP contribution in [-0.4, -0.2) is 43.5 Å². The normalized spacial score (nSPS) is 29.8. The molecule has 0 heterocycles. The highest BCUT2D eigenvalue weighted by Crippen LogP contribution is 2.62. The van der Waals surface area contributed by atoms with Crippen LogP contribution in [0.5, 0.6) is 0 Å². The smallest absolute Gasteiger partial charge is 0.392 e. The molecule has 0 amide bonds. The van der Waals surface area contributed by atoms with Crippen LogP contribution >= 0.6 is 0 Å². The molecule has 3 aromatic carbocycles. The maximum atomic E-state index is 14.2. The van der Waals surface area contributed by atoms with Crippen LogP contribution in [0.2, 0.25) is 0 Å². The van der Waals surface area contributed by atoms with Crippen molar-refractivity contribution >= 4 is 27.0 Å². The number of carbonyl (C=O) groups excluding carboxylic acids is 1. The first-order chi connectivity index (χ1) is 24.4. The number of esters is 1. The molecule has 6 bridgehead atoms. The fourth-order valence-corrected chi connectivity index (χ4v) is 12.5. The highest BCUT2D eigenvalue weighted by atomic mass is 32.2. The van der Waals surface area contributed by atoms with E-state index in [-0.39, 0.29) is 29.7 Å². The molecule has 4 atom stereocenters. The number of hydrogen-bond acceptors (Lipinski definition) is 5. The summed E-state index contributed by atoms with van der Waals surface area (Å²) in [5, 5.41) is -4.38. The van der Waals surface area contributed by atoms with Crippen molar-refractivity contribution in [2.24, 2.45) is 40.9 Å². The monoisotopic (exact) mass is 743 g/mol. The van der Waals surface area contributed by atoms with Crippen LogP contribution in [-0.2, 0) is 35.3 Å². The number of alkyl halides is 2. The average Bonchev–Trinajstić information content (AvgIpc) is 3.74. The molecule has 3 aromatic rings. The molecule has 9 rings (SSSR count). The van der Waals surface area contributed by atoms with E-state index in [1.807, 2.05) is 48.5 Å². The molecule has 274 valence electrons. The summed E-state index contributed by atoms with van der Waals surface area (Å²) in [4.78, 5) is 16.1. The summed E-state index contributed by atoms with van der Waals surface area (Å²) in [6.45, 7) is -1.70. The lowest BCUT2D eigenvalue weighted by Crippen LogP contribution is -2.54. The van der Waals surface area contributed by atoms with Crippen molar-refractivity contribution in [3.8, 4) is 0 Å². The van der Waals surface area contributed by atoms with Crippen LogP contribution < -0.4 is 0 Å². The molecular formula is C40H46F3O6S2+. The zero-order valence-electron chi connectivity index (χ0n) is 28.5. The lowest BCUT2D eigenvalue weighted by molar-refractivity contribution is -0.190. The molecule has 6 nitrogen and oxygen atoms in total. The molecule has 11 heteroatoms. The van der Waals surface area contributed by atoms with Crippen molar-refractivity contribution in [3.63, 3.8) is 0 Å². The number of benzene rings is 3. The summed E-state index contributed by atoms with van der Waals surface area (Å²) in [7, 11) is -5.95. The number of carbonyl (C=O) groups is 1. The SMILES string of the molecule is Fc1ccccc1[S+](c1ccccc1)c1ccccc1.O=C(OC(COCC(F)(F)S(=O)(=O)O)C12CC3CC(CC(C3)C1)C2)C1CC2CCC1C2. The van der Waals surface area contributed by atoms with Crippen LogP contribution in [0.1, 0.15) is 64.2 Å². The van der Waals surface area contributed by atoms with Gasteiger partial charge in [0.15, 0.2) is 15.6 Å². The lowest BCUT2D eigenvalue weighted by atomic mass is 9.48. The highest BCUT2D eigenvalue weighted by molar-refractivity contribution is 7.97. The van der Waals surface area contributed by atoms with Gasteiger partial charge in [0.05, 0.1) is 12.5 Å². The van der Waals surface area contributed by atoms with Crippen molar-refractivity contribution in [3.05, 3.63) is 90.7 Å². The van der Waals surface area contributed by atoms with Gasteiger partial charge >= 0.3 is 21.3 Å². The van der Waals surface area contributed by atoms with Gasteiger partial charge in [-0.05, 0) is 124 Å². The van der Waals surface area contributed by atoms with E-state index >= 15 is 0 Å². The van der Waals surface area contributed by atoms with Gasteiger partial charge in [0.25, 0.3) is 0 Å². The van der Waals surface area contributed by atoms with Crippen LogP contribution in [0.3, 0.4) is 0 Å². The van der Waals surface area contributed by atoms with Gasteiger partial charge in [-0.2, -0.15) is 17.2 Å². The fourth-order valence-electron chi connectivity index (χ4n) is 10.1. The molecule has 6 saturated carbocycles. The van der Waals surface area contributed by atoms with Crippen molar-refractivity contribution < 1.29 is 40.4 Å². The van der Waals surface area contributed by atoms with E-state index in [1.54, 1.807) is 6.07 Å². The van der Waals surface area contributed by atoms with E-state index < -0.39 is 39.0 Å². The summed E-state index contributed by atoms with van der Waals surface area (Å²) in [6, 6.07) is 27.2. The van der Waals surface area contributed by atoms with Crippen LogP contribution in [0.15, 0.2) is 99.6 Å². The first-order valence-corrected chi connectivity index (χ1v) is 20.8. The van der Waals surface area contributed by atoms with Gasteiger partial charge in [-0.25, -0.2) is 4.39 Å². The molecule has 0 spiro atoms. The zero-order chi connectivity index (χ0) is 35.8. The topological polar surface area (TPSA) is 89.9 Å². The average molecular weight is 744 g/mol. The summed E-state index contributed by atoms with van der Waals surface area (Å²) < 4.78 is 83.3.